The van der Waals surface area contributed by atoms with E-state index in [1.165, 1.54) is 6.08 Å². The van der Waals surface area contributed by atoms with Gasteiger partial charge in [0.1, 0.15) is 42.7 Å². The Hall–Kier alpha value is -1.19. The summed E-state index contributed by atoms with van der Waals surface area (Å²) in [5.41, 5.74) is -5.10. The van der Waals surface area contributed by atoms with Gasteiger partial charge >= 0.3 is 0 Å². The minimum Gasteiger partial charge on any atom is -0.394 e. The van der Waals surface area contributed by atoms with Crippen LogP contribution in [-0.2, 0) is 23.7 Å². The summed E-state index contributed by atoms with van der Waals surface area (Å²) >= 11 is 0. The summed E-state index contributed by atoms with van der Waals surface area (Å²) < 4.78 is 22.7. The van der Waals surface area contributed by atoms with Gasteiger partial charge in [0, 0.05) is 11.3 Å². The van der Waals surface area contributed by atoms with Crippen LogP contribution in [0.4, 0.5) is 0 Å². The fourth-order valence-corrected chi connectivity index (χ4v) is 11.0. The van der Waals surface area contributed by atoms with Crippen LogP contribution in [0.1, 0.15) is 86.0 Å². The first-order chi connectivity index (χ1) is 25.0. The second-order valence-electron chi connectivity index (χ2n) is 18.4. The Morgan fingerprint density at radius 3 is 2.24 bits per heavy atom. The van der Waals surface area contributed by atoms with E-state index in [0.717, 1.165) is 0 Å². The predicted octanol–water partition coefficient (Wildman–Crippen LogP) is -1.86. The van der Waals surface area contributed by atoms with Gasteiger partial charge in [-0.1, -0.05) is 13.8 Å². The van der Waals surface area contributed by atoms with Crippen molar-refractivity contribution in [3.05, 3.63) is 11.6 Å². The maximum absolute atomic E-state index is 14.1. The van der Waals surface area contributed by atoms with Gasteiger partial charge < -0.3 is 75.1 Å². The summed E-state index contributed by atoms with van der Waals surface area (Å²) in [6, 6.07) is 0. The minimum absolute atomic E-state index is 0.0601. The van der Waals surface area contributed by atoms with Crippen LogP contribution < -0.4 is 0 Å². The Kier molecular flexibility index (Phi) is 11.7. The summed E-state index contributed by atoms with van der Waals surface area (Å²) in [7, 11) is 0. The molecule has 5 fully saturated rings. The fraction of sp³-hybridized carbons (Fsp3) is 0.921. The lowest BCUT2D eigenvalue weighted by molar-refractivity contribution is -0.354. The molecule has 0 amide bonds. The normalized spacial score (nSPS) is 50.0. The van der Waals surface area contributed by atoms with Gasteiger partial charge in [-0.25, -0.2) is 0 Å². The van der Waals surface area contributed by atoms with E-state index < -0.39 is 120 Å². The third kappa shape index (κ3) is 7.04. The predicted molar refractivity (Wildman–Crippen MR) is 186 cm³/mol. The number of ketones is 1. The van der Waals surface area contributed by atoms with Crippen molar-refractivity contribution in [1.29, 1.82) is 0 Å². The van der Waals surface area contributed by atoms with Crippen molar-refractivity contribution in [2.45, 2.75) is 176 Å². The zero-order chi connectivity index (χ0) is 39.9. The Labute approximate surface area is 315 Å². The smallest absolute Gasteiger partial charge is 0.187 e. The first kappa shape index (κ1) is 42.4. The van der Waals surface area contributed by atoms with Crippen LogP contribution >= 0.6 is 0 Å². The van der Waals surface area contributed by atoms with Gasteiger partial charge in [0.25, 0.3) is 0 Å². The zero-order valence-corrected chi connectivity index (χ0v) is 31.8. The Morgan fingerprint density at radius 1 is 0.907 bits per heavy atom. The fourth-order valence-electron chi connectivity index (χ4n) is 11.0. The van der Waals surface area contributed by atoms with Gasteiger partial charge in [0.15, 0.2) is 18.4 Å². The second kappa shape index (κ2) is 14.9. The molecule has 6 rings (SSSR count). The highest BCUT2D eigenvalue weighted by Gasteiger charge is 2.69. The van der Waals surface area contributed by atoms with E-state index in [1.807, 2.05) is 13.8 Å². The third-order valence-corrected chi connectivity index (χ3v) is 14.4. The van der Waals surface area contributed by atoms with Crippen molar-refractivity contribution >= 4 is 5.78 Å². The lowest BCUT2D eigenvalue weighted by atomic mass is 9.45. The average Bonchev–Trinajstić information content (AvgIpc) is 3.38. The molecule has 16 nitrogen and oxygen atoms in total. The second-order valence-corrected chi connectivity index (χ2v) is 18.4. The number of aliphatic hydroxyl groups is 11. The molecular formula is C38H62O16. The van der Waals surface area contributed by atoms with Gasteiger partial charge in [-0.3, -0.25) is 4.79 Å². The van der Waals surface area contributed by atoms with Crippen LogP contribution in [-0.4, -0.2) is 166 Å². The van der Waals surface area contributed by atoms with E-state index in [4.69, 9.17) is 18.9 Å². The molecule has 2 heterocycles. The number of allylic oxidation sites excluding steroid dienone is 1. The van der Waals surface area contributed by atoms with Crippen molar-refractivity contribution in [3.8, 4) is 0 Å². The van der Waals surface area contributed by atoms with E-state index in [0.29, 0.717) is 24.8 Å². The number of hydrogen-bond donors (Lipinski definition) is 11. The number of hydrogen-bond acceptors (Lipinski definition) is 16. The first-order valence-corrected chi connectivity index (χ1v) is 19.4. The van der Waals surface area contributed by atoms with Crippen LogP contribution in [0.25, 0.3) is 0 Å². The molecule has 4 aliphatic carbocycles. The molecule has 11 N–H and O–H groups in total. The first-order valence-electron chi connectivity index (χ1n) is 19.4. The van der Waals surface area contributed by atoms with Crippen molar-refractivity contribution in [2.24, 2.45) is 28.6 Å². The van der Waals surface area contributed by atoms with Crippen molar-refractivity contribution in [3.63, 3.8) is 0 Å². The van der Waals surface area contributed by atoms with Crippen LogP contribution in [0.15, 0.2) is 11.6 Å². The highest BCUT2D eigenvalue weighted by molar-refractivity contribution is 5.95. The molecule has 54 heavy (non-hydrogen) atoms. The molecule has 2 aliphatic heterocycles. The summed E-state index contributed by atoms with van der Waals surface area (Å²) in [6.45, 7) is 7.63. The van der Waals surface area contributed by atoms with E-state index in [-0.39, 0.29) is 50.4 Å². The molecule has 19 atom stereocenters. The number of aliphatic hydroxyl groups excluding tert-OH is 8. The molecular weight excluding hydrogens is 712 g/mol. The molecule has 2 saturated heterocycles. The molecule has 0 aromatic heterocycles. The number of carbonyl (C=O) groups is 1. The van der Waals surface area contributed by atoms with Gasteiger partial charge in [-0.05, 0) is 101 Å². The monoisotopic (exact) mass is 774 g/mol. The van der Waals surface area contributed by atoms with Crippen LogP contribution in [0.3, 0.4) is 0 Å². The molecule has 0 aromatic rings. The number of carbonyl (C=O) groups excluding carboxylic acids is 1. The zero-order valence-electron chi connectivity index (χ0n) is 31.8. The molecule has 0 aromatic carbocycles. The quantitative estimate of drug-likeness (QED) is 0.116. The highest BCUT2D eigenvalue weighted by atomic mass is 16.7. The van der Waals surface area contributed by atoms with E-state index in [2.05, 4.69) is 0 Å². The van der Waals surface area contributed by atoms with Crippen LogP contribution in [0.2, 0.25) is 0 Å². The van der Waals surface area contributed by atoms with E-state index in [9.17, 15) is 61.0 Å². The van der Waals surface area contributed by atoms with Gasteiger partial charge in [0.2, 0.25) is 0 Å². The number of rotatable bonds is 10. The molecule has 3 saturated carbocycles. The summed E-state index contributed by atoms with van der Waals surface area (Å²) in [4.78, 5) is 14.1. The molecule has 0 bridgehead atoms. The van der Waals surface area contributed by atoms with Crippen molar-refractivity contribution < 1.29 is 79.9 Å². The van der Waals surface area contributed by atoms with Crippen LogP contribution in [0.5, 0.6) is 0 Å². The standard InChI is InChI=1S/C38H62O16/c1-34(2,48)9-8-26(43)37(5,49)25-7-11-38(50)18-12-20(40)19-13-23(21(41)14-35(19,3)17(18)6-10-36(25,38)4)52-32-30(47)31(22(42)16-51-32)54-33-29(46)28(45)27(44)24(15-39)53-33/h12,17,19,21-33,39,41-50H,6-11,13-16H2,1-5H3/t17-,19+,21-,22+,23+,24+,25-,26+,27+,28-,29+,30+,31-,32-,33-,35+,36+,37+,38+/m0/s1. The van der Waals surface area contributed by atoms with Gasteiger partial charge in [-0.15, -0.1) is 0 Å². The highest BCUT2D eigenvalue weighted by Crippen LogP contribution is 2.68. The SMILES string of the molecule is CC(C)(O)CC[C@@H](O)[C@](C)(O)[C@H]1CC[C@@]2(O)C3=CC(=O)[C@H]4C[C@@H](O[C@@H]5OC[C@@H](O)[C@H](O[C@@H]6O[C@H](CO)[C@@H](O)[C@H](O)[C@H]6O)[C@H]5O)[C@@H](O)C[C@]4(C)[C@H]3CC[C@]12C. The average molecular weight is 775 g/mol. The topological polar surface area (TPSA) is 277 Å². The van der Waals surface area contributed by atoms with E-state index in [1.54, 1.807) is 20.8 Å². The van der Waals surface area contributed by atoms with Crippen molar-refractivity contribution in [2.75, 3.05) is 13.2 Å². The molecule has 0 spiro atoms. The molecule has 310 valence electrons. The Bertz CT molecular complexity index is 1400. The minimum atomic E-state index is -1.78. The van der Waals surface area contributed by atoms with Crippen LogP contribution in [0, 0.1) is 28.6 Å². The van der Waals surface area contributed by atoms with Gasteiger partial charge in [0.05, 0.1) is 48.3 Å². The molecule has 0 unspecified atom stereocenters. The lowest BCUT2D eigenvalue weighted by Crippen LogP contribution is -2.64. The lowest BCUT2D eigenvalue weighted by Gasteiger charge is -2.61. The Morgan fingerprint density at radius 2 is 1.59 bits per heavy atom. The number of fused-ring (bicyclic) bond motifs is 5. The van der Waals surface area contributed by atoms with E-state index >= 15 is 0 Å². The third-order valence-electron chi connectivity index (χ3n) is 14.4. The summed E-state index contributed by atoms with van der Waals surface area (Å²) in [6.07, 6.45) is -13.5. The Balaban J connectivity index is 1.17. The van der Waals surface area contributed by atoms with Crippen molar-refractivity contribution in [1.82, 2.24) is 0 Å². The van der Waals surface area contributed by atoms with Gasteiger partial charge in [-0.2, -0.15) is 0 Å². The molecule has 6 aliphatic rings. The maximum atomic E-state index is 14.1. The maximum Gasteiger partial charge on any atom is 0.187 e. The largest absolute Gasteiger partial charge is 0.394 e. The molecule has 16 heteroatoms. The summed E-state index contributed by atoms with van der Waals surface area (Å²) in [5, 5.41) is 119. The number of ether oxygens (including phenoxy) is 4. The summed E-state index contributed by atoms with van der Waals surface area (Å²) in [5.74, 6) is -1.64. The molecule has 0 radical (unpaired) electrons.